The minimum atomic E-state index is -5.27. The zero-order valence-electron chi connectivity index (χ0n) is 42.1. The Balaban J connectivity index is 0.0000104. The van der Waals surface area contributed by atoms with Crippen LogP contribution in [0.5, 0.6) is 12.0 Å². The van der Waals surface area contributed by atoms with E-state index in [0.717, 1.165) is 42.5 Å². The molecule has 32 nitrogen and oxygen atoms in total. The van der Waals surface area contributed by atoms with Gasteiger partial charge in [-0.2, -0.15) is 42.9 Å². The van der Waals surface area contributed by atoms with Crippen molar-refractivity contribution in [1.29, 1.82) is 0 Å². The average Bonchev–Trinajstić information content (AvgIpc) is 3.34. The van der Waals surface area contributed by atoms with Crippen molar-refractivity contribution in [2.75, 3.05) is 47.7 Å². The van der Waals surface area contributed by atoms with Crippen LogP contribution >= 0.6 is 36.1 Å². The van der Waals surface area contributed by atoms with Crippen molar-refractivity contribution in [3.63, 3.8) is 0 Å². The maximum Gasteiger partial charge on any atom is 1.00 e. The van der Waals surface area contributed by atoms with Gasteiger partial charge in [-0.1, -0.05) is 24.3 Å². The maximum absolute atomic E-state index is 12.6. The number of rotatable bonds is 28. The first kappa shape index (κ1) is 79.8. The van der Waals surface area contributed by atoms with Crippen molar-refractivity contribution in [2.45, 2.75) is 29.4 Å². The molecule has 6 rings (SSSR count). The van der Waals surface area contributed by atoms with Crippen LogP contribution in [0.15, 0.2) is 102 Å². The van der Waals surface area contributed by atoms with Crippen LogP contribution in [0.3, 0.4) is 0 Å². The molecule has 0 atom stereocenters. The van der Waals surface area contributed by atoms with Crippen molar-refractivity contribution in [3.8, 4) is 12.0 Å². The molecular weight excluding hydrogens is 1250 g/mol. The van der Waals surface area contributed by atoms with Crippen LogP contribution in [0.25, 0.3) is 12.2 Å². The van der Waals surface area contributed by atoms with Gasteiger partial charge in [0, 0.05) is 21.2 Å². The first-order valence-electron chi connectivity index (χ1n) is 19.4. The van der Waals surface area contributed by atoms with E-state index in [9.17, 15) is 64.9 Å². The van der Waals surface area contributed by atoms with E-state index in [4.69, 9.17) is 9.47 Å². The van der Waals surface area contributed by atoms with Crippen LogP contribution < -0.4 is 224 Å². The van der Waals surface area contributed by atoms with E-state index in [-0.39, 0.29) is 251 Å². The number of benzene rings is 4. The van der Waals surface area contributed by atoms with E-state index in [2.05, 4.69) is 79.3 Å². The van der Waals surface area contributed by atoms with Gasteiger partial charge in [-0.05, 0) is 71.8 Å². The molecule has 0 saturated carbocycles. The van der Waals surface area contributed by atoms with E-state index < -0.39 is 81.8 Å². The van der Waals surface area contributed by atoms with E-state index >= 15 is 0 Å². The Bertz CT molecular complexity index is 3350. The number of ether oxygens (including phenoxy) is 2. The summed E-state index contributed by atoms with van der Waals surface area (Å²) in [7, 11) is -15.4. The fourth-order valence-electron chi connectivity index (χ4n) is 5.67. The summed E-state index contributed by atoms with van der Waals surface area (Å²) >= 11 is 1.09. The minimum Gasteiger partial charge on any atom is -0.744 e. The van der Waals surface area contributed by atoms with Gasteiger partial charge >= 0.3 is 189 Å². The van der Waals surface area contributed by atoms with E-state index in [1.54, 1.807) is 0 Å². The van der Waals surface area contributed by atoms with Crippen molar-refractivity contribution >= 4 is 125 Å². The topological polar surface area (TPSA) is 481 Å². The molecule has 0 aliphatic heterocycles. The predicted molar refractivity (Wildman–Crippen MR) is 241 cm³/mol. The third kappa shape index (κ3) is 25.2. The molecule has 0 saturated heterocycles. The summed E-state index contributed by atoms with van der Waals surface area (Å²) in [5.74, 6) is -1.48. The second kappa shape index (κ2) is 38.8. The fourth-order valence-corrected chi connectivity index (χ4v) is 8.81. The number of aliphatic hydroxyl groups is 2. The van der Waals surface area contributed by atoms with Gasteiger partial charge in [0.15, 0.2) is 0 Å². The Hall–Kier alpha value is -0.220. The summed E-state index contributed by atoms with van der Waals surface area (Å²) in [5, 5.41) is 71.2. The second-order valence-corrected chi connectivity index (χ2v) is 19.7. The third-order valence-electron chi connectivity index (χ3n) is 8.54. The second-order valence-electron chi connectivity index (χ2n) is 13.3. The van der Waals surface area contributed by atoms with Gasteiger partial charge in [0.2, 0.25) is 23.8 Å². The van der Waals surface area contributed by atoms with Gasteiger partial charge in [0.1, 0.15) is 43.6 Å². The minimum absolute atomic E-state index is 0. The summed E-state index contributed by atoms with van der Waals surface area (Å²) in [6.45, 7) is -1.63. The summed E-state index contributed by atoms with van der Waals surface area (Å²) in [5.41, 5.74) is -0.460. The number of anilines is 8. The molecule has 2 aromatic heterocycles. The Morgan fingerprint density at radius 3 is 1.44 bits per heavy atom. The van der Waals surface area contributed by atoms with E-state index in [1.165, 1.54) is 42.5 Å². The van der Waals surface area contributed by atoms with Crippen LogP contribution in [-0.4, -0.2) is 105 Å². The Morgan fingerprint density at radius 2 is 0.938 bits per heavy atom. The average molecular weight is 1280 g/mol. The van der Waals surface area contributed by atoms with Gasteiger partial charge in [0.25, 0.3) is 0 Å². The molecule has 0 aliphatic rings. The summed E-state index contributed by atoms with van der Waals surface area (Å²) < 4.78 is 133. The molecule has 0 fully saturated rings. The zero-order chi connectivity index (χ0) is 53.5. The first-order valence-corrected chi connectivity index (χ1v) is 25.8. The molecule has 6 aromatic rings. The number of nitrogens with one attached hydrogen (secondary N) is 4. The largest absolute Gasteiger partial charge is 1.00 e. The van der Waals surface area contributed by atoms with Crippen LogP contribution in [0.2, 0.25) is 0 Å². The first-order chi connectivity index (χ1) is 35.3. The van der Waals surface area contributed by atoms with Crippen molar-refractivity contribution < 1.29 is 280 Å². The quantitative estimate of drug-likeness (QED) is 0.00663. The molecule has 2 heterocycles. The molecule has 0 unspecified atom stereocenters. The van der Waals surface area contributed by atoms with Crippen LogP contribution in [0.1, 0.15) is 11.1 Å². The standard InChI is InChI=1S/C36H34N10O22S6.6Na/c47-11-13-61-35-43-31(41-33(45-35)39-25-18-24(72(52,53)54)8-9-27(25)70-67-64-50)37-21-5-3-19(28(15-21)71-68-65-51)1-2-20-4-6-22(16-30(20)74(58,59)60)38-32-42-34(46-36(44-32)62-14-12-48)40-26-17-23(69-66-63-49)7-10-29(26)73(55,56)57;;;;;;/h1-10,15-18,47-51H,11-14H2,(H,52,53,54)(H,55,56,57)(H,58,59,60)(H2,37,39,41,43,45)(H2,38,40,42,44,46);;;;;;/q;6*+1/p-6/b2-1+;;;;;;. The van der Waals surface area contributed by atoms with Gasteiger partial charge in [-0.3, -0.25) is 15.1 Å². The third-order valence-corrected chi connectivity index (χ3v) is 13.0. The summed E-state index contributed by atoms with van der Waals surface area (Å²) in [4.78, 5) is 22.4. The molecule has 6 N–H and O–H groups in total. The molecular formula is C36H28N10Na6O22S6. The van der Waals surface area contributed by atoms with Crippen molar-refractivity contribution in [3.05, 3.63) is 83.9 Å². The summed E-state index contributed by atoms with van der Waals surface area (Å²) in [6.07, 6.45) is 2.55. The Kier molecular flexibility index (Phi) is 38.7. The van der Waals surface area contributed by atoms with E-state index in [0.29, 0.717) is 36.1 Å². The van der Waals surface area contributed by atoms with E-state index in [1.807, 2.05) is 0 Å². The van der Waals surface area contributed by atoms with Crippen molar-refractivity contribution in [2.24, 2.45) is 0 Å². The molecule has 0 spiro atoms. The van der Waals surface area contributed by atoms with Crippen molar-refractivity contribution in [1.82, 2.24) is 29.9 Å². The number of hydrogen-bond donors (Lipinski definition) is 6. The SMILES string of the molecule is O=S(=O)([O-])c1ccc(SOO[O-])c(Nc2nc(Nc3ccc(/C=C/c4ccc(Nc5nc(Nc6cc(SOO[O-])ccc6S(=O)(=O)[O-])nc(OCCO)n5)cc4S(=O)(=O)[O-])c(SOO[O-])c3)nc(OCCO)n2)c1.[Na+].[Na+].[Na+].[Na+].[Na+].[Na+]. The smallest absolute Gasteiger partial charge is 0.744 e. The molecule has 0 radical (unpaired) electrons. The molecule has 396 valence electrons. The number of aliphatic hydroxyl groups excluding tert-OH is 2. The van der Waals surface area contributed by atoms with Gasteiger partial charge in [-0.25, -0.2) is 25.3 Å². The molecule has 44 heteroatoms. The number of hydrogen-bond acceptors (Lipinski definition) is 35. The molecule has 4 aromatic carbocycles. The Morgan fingerprint density at radius 1 is 0.475 bits per heavy atom. The van der Waals surface area contributed by atoms with Gasteiger partial charge in [0.05, 0.1) is 80.3 Å². The Labute approximate surface area is 599 Å². The van der Waals surface area contributed by atoms with Crippen LogP contribution in [0, 0.1) is 0 Å². The monoisotopic (exact) mass is 1280 g/mol. The normalized spacial score (nSPS) is 11.1. The molecule has 0 bridgehead atoms. The zero-order valence-corrected chi connectivity index (χ0v) is 59.0. The molecule has 0 aliphatic carbocycles. The fraction of sp³-hybridized carbons (Fsp3) is 0.111. The maximum atomic E-state index is 12.6. The van der Waals surface area contributed by atoms with Crippen LogP contribution in [-0.2, 0) is 58.5 Å². The molecule has 80 heavy (non-hydrogen) atoms. The number of aromatic nitrogens is 6. The predicted octanol–water partition coefficient (Wildman–Crippen LogP) is -17.6. The number of nitrogens with zero attached hydrogens (tertiary/aromatic N) is 6. The summed E-state index contributed by atoms with van der Waals surface area (Å²) in [6, 6.07) is 12.8. The van der Waals surface area contributed by atoms with Gasteiger partial charge < -0.3 is 70.4 Å². The van der Waals surface area contributed by atoms with Crippen LogP contribution in [0.4, 0.5) is 46.5 Å². The molecule has 0 amide bonds. The van der Waals surface area contributed by atoms with Gasteiger partial charge in [-0.15, -0.1) is 0 Å².